The molecule has 2 aromatic rings. The molecule has 0 aliphatic rings. The number of alkyl halides is 3. The molecule has 0 aliphatic carbocycles. The van der Waals surface area contributed by atoms with Gasteiger partial charge >= 0.3 is 12.3 Å². The number of ether oxygens (including phenoxy) is 4. The Kier molecular flexibility index (Phi) is 9.41. The number of esters is 1. The lowest BCUT2D eigenvalue weighted by Gasteiger charge is -2.28. The molecule has 0 saturated heterocycles. The number of hydrogen-bond donors (Lipinski definition) is 0. The molecule has 0 heterocycles. The van der Waals surface area contributed by atoms with Crippen molar-refractivity contribution in [1.29, 1.82) is 0 Å². The van der Waals surface area contributed by atoms with E-state index in [-0.39, 0.29) is 19.0 Å². The molecule has 5 nitrogen and oxygen atoms in total. The van der Waals surface area contributed by atoms with Crippen LogP contribution in [0.1, 0.15) is 32.3 Å². The number of unbranched alkanes of at least 4 members (excludes halogenated alkanes) is 1. The summed E-state index contributed by atoms with van der Waals surface area (Å²) in [6.45, 7) is 3.92. The van der Waals surface area contributed by atoms with Crippen molar-refractivity contribution in [3.05, 3.63) is 60.2 Å². The molecule has 0 fully saturated rings. The lowest BCUT2D eigenvalue weighted by atomic mass is 10.1. The van der Waals surface area contributed by atoms with E-state index >= 15 is 0 Å². The van der Waals surface area contributed by atoms with Crippen molar-refractivity contribution >= 4 is 5.97 Å². The van der Waals surface area contributed by atoms with Gasteiger partial charge in [0.05, 0.1) is 13.2 Å². The Morgan fingerprint density at radius 2 is 1.62 bits per heavy atom. The van der Waals surface area contributed by atoms with E-state index in [1.54, 1.807) is 38.1 Å². The summed E-state index contributed by atoms with van der Waals surface area (Å²) in [6, 6.07) is 14.3. The number of benzene rings is 2. The largest absolute Gasteiger partial charge is 0.573 e. The standard InChI is InChI=1S/C24H25F3O5/c1-3-30-22(28)23(2,31-20-11-7-4-8-12-20)18-29-17-9-5-6-10-19-13-15-21(16-14-19)32-24(25,26)27/h4,7-8,11-16H,3,5,9,17-18H2,1-2H3. The van der Waals surface area contributed by atoms with E-state index in [0.717, 1.165) is 0 Å². The summed E-state index contributed by atoms with van der Waals surface area (Å²) < 4.78 is 56.9. The Bertz CT molecular complexity index is 901. The second kappa shape index (κ2) is 12.0. The van der Waals surface area contributed by atoms with E-state index in [1.165, 1.54) is 24.3 Å². The Hall–Kier alpha value is -3.18. The van der Waals surface area contributed by atoms with Crippen LogP contribution in [-0.4, -0.2) is 37.8 Å². The van der Waals surface area contributed by atoms with Gasteiger partial charge in [0.1, 0.15) is 11.5 Å². The normalized spacial score (nSPS) is 12.8. The van der Waals surface area contributed by atoms with Crippen LogP contribution in [0.15, 0.2) is 54.6 Å². The third-order valence-electron chi connectivity index (χ3n) is 4.08. The van der Waals surface area contributed by atoms with Crippen molar-refractivity contribution in [3.8, 4) is 23.3 Å². The number of hydrogen-bond acceptors (Lipinski definition) is 5. The molecule has 0 aromatic heterocycles. The molecule has 0 N–H and O–H groups in total. The molecule has 172 valence electrons. The maximum atomic E-state index is 12.4. The van der Waals surface area contributed by atoms with Crippen LogP contribution >= 0.6 is 0 Å². The summed E-state index contributed by atoms with van der Waals surface area (Å²) in [5, 5.41) is 0. The highest BCUT2D eigenvalue weighted by Gasteiger charge is 2.38. The number of rotatable bonds is 10. The Balaban J connectivity index is 1.79. The second-order valence-electron chi connectivity index (χ2n) is 6.90. The van der Waals surface area contributed by atoms with E-state index in [1.807, 2.05) is 6.07 Å². The third-order valence-corrected chi connectivity index (χ3v) is 4.08. The minimum Gasteiger partial charge on any atom is -0.473 e. The highest BCUT2D eigenvalue weighted by molar-refractivity contribution is 5.79. The van der Waals surface area contributed by atoms with Crippen LogP contribution in [-0.2, 0) is 14.3 Å². The fraction of sp³-hybridized carbons (Fsp3) is 0.375. The van der Waals surface area contributed by atoms with E-state index in [0.29, 0.717) is 30.8 Å². The van der Waals surface area contributed by atoms with Gasteiger partial charge in [0.25, 0.3) is 0 Å². The second-order valence-corrected chi connectivity index (χ2v) is 6.90. The predicted octanol–water partition coefficient (Wildman–Crippen LogP) is 5.13. The maximum absolute atomic E-state index is 12.4. The van der Waals surface area contributed by atoms with E-state index in [9.17, 15) is 18.0 Å². The van der Waals surface area contributed by atoms with Gasteiger partial charge in [0.15, 0.2) is 0 Å². The van der Waals surface area contributed by atoms with Crippen molar-refractivity contribution < 1.29 is 36.9 Å². The first-order chi connectivity index (χ1) is 15.2. The van der Waals surface area contributed by atoms with Crippen LogP contribution in [0, 0.1) is 11.8 Å². The molecule has 2 rings (SSSR count). The molecule has 0 amide bonds. The SMILES string of the molecule is CCOC(=O)C(C)(COCCCC#Cc1ccc(OC(F)(F)F)cc1)Oc1ccccc1. The van der Waals surface area contributed by atoms with Crippen molar-refractivity contribution in [2.45, 2.75) is 38.7 Å². The molecule has 0 radical (unpaired) electrons. The number of carbonyl (C=O) groups is 1. The minimum absolute atomic E-state index is 0.00875. The van der Waals surface area contributed by atoms with E-state index < -0.39 is 17.9 Å². The van der Waals surface area contributed by atoms with Crippen molar-refractivity contribution in [1.82, 2.24) is 0 Å². The first kappa shape index (κ1) is 25.1. The number of halogens is 3. The van der Waals surface area contributed by atoms with E-state index in [2.05, 4.69) is 16.6 Å². The molecular weight excluding hydrogens is 425 g/mol. The Morgan fingerprint density at radius 3 is 2.25 bits per heavy atom. The average molecular weight is 450 g/mol. The molecule has 1 unspecified atom stereocenters. The monoisotopic (exact) mass is 450 g/mol. The molecule has 0 aliphatic heterocycles. The first-order valence-electron chi connectivity index (χ1n) is 10.1. The Morgan fingerprint density at radius 1 is 0.969 bits per heavy atom. The van der Waals surface area contributed by atoms with Crippen LogP contribution in [0.5, 0.6) is 11.5 Å². The van der Waals surface area contributed by atoms with Gasteiger partial charge in [0.2, 0.25) is 5.60 Å². The van der Waals surface area contributed by atoms with Crippen LogP contribution in [0.3, 0.4) is 0 Å². The first-order valence-corrected chi connectivity index (χ1v) is 10.1. The quantitative estimate of drug-likeness (QED) is 0.285. The number of carbonyl (C=O) groups excluding carboxylic acids is 1. The highest BCUT2D eigenvalue weighted by atomic mass is 19.4. The van der Waals surface area contributed by atoms with Gasteiger partial charge in [-0.25, -0.2) is 4.79 Å². The summed E-state index contributed by atoms with van der Waals surface area (Å²) >= 11 is 0. The van der Waals surface area contributed by atoms with Crippen molar-refractivity contribution in [3.63, 3.8) is 0 Å². The summed E-state index contributed by atoms with van der Waals surface area (Å²) in [5.74, 6) is 5.53. The Labute approximate surface area is 185 Å². The molecule has 32 heavy (non-hydrogen) atoms. The lowest BCUT2D eigenvalue weighted by Crippen LogP contribution is -2.47. The van der Waals surface area contributed by atoms with Gasteiger partial charge in [-0.15, -0.1) is 13.2 Å². The average Bonchev–Trinajstić information content (AvgIpc) is 2.74. The molecule has 8 heteroatoms. The number of para-hydroxylation sites is 1. The van der Waals surface area contributed by atoms with Gasteiger partial charge in [-0.05, 0) is 56.7 Å². The van der Waals surface area contributed by atoms with Crippen LogP contribution in [0.25, 0.3) is 0 Å². The van der Waals surface area contributed by atoms with Gasteiger partial charge < -0.3 is 18.9 Å². The summed E-state index contributed by atoms with van der Waals surface area (Å²) in [7, 11) is 0. The van der Waals surface area contributed by atoms with Crippen molar-refractivity contribution in [2.24, 2.45) is 0 Å². The zero-order valence-electron chi connectivity index (χ0n) is 17.9. The van der Waals surface area contributed by atoms with Gasteiger partial charge in [0, 0.05) is 18.6 Å². The molecule has 1 atom stereocenters. The molecular formula is C24H25F3O5. The summed E-state index contributed by atoms with van der Waals surface area (Å²) in [5.41, 5.74) is -0.713. The lowest BCUT2D eigenvalue weighted by molar-refractivity contribution is -0.274. The van der Waals surface area contributed by atoms with Crippen LogP contribution in [0.2, 0.25) is 0 Å². The summed E-state index contributed by atoms with van der Waals surface area (Å²) in [6.07, 6.45) is -3.61. The fourth-order valence-electron chi connectivity index (χ4n) is 2.60. The smallest absolute Gasteiger partial charge is 0.473 e. The zero-order valence-corrected chi connectivity index (χ0v) is 17.9. The molecule has 0 saturated carbocycles. The maximum Gasteiger partial charge on any atom is 0.573 e. The molecule has 0 spiro atoms. The summed E-state index contributed by atoms with van der Waals surface area (Å²) in [4.78, 5) is 12.4. The van der Waals surface area contributed by atoms with Gasteiger partial charge in [-0.2, -0.15) is 0 Å². The van der Waals surface area contributed by atoms with Gasteiger partial charge in [-0.3, -0.25) is 0 Å². The van der Waals surface area contributed by atoms with Crippen LogP contribution < -0.4 is 9.47 Å². The fourth-order valence-corrected chi connectivity index (χ4v) is 2.60. The van der Waals surface area contributed by atoms with E-state index in [4.69, 9.17) is 14.2 Å². The molecule has 0 bridgehead atoms. The third kappa shape index (κ3) is 8.90. The zero-order chi connectivity index (χ0) is 23.5. The predicted molar refractivity (Wildman–Crippen MR) is 112 cm³/mol. The molecule has 2 aromatic carbocycles. The van der Waals surface area contributed by atoms with Crippen LogP contribution in [0.4, 0.5) is 13.2 Å². The van der Waals surface area contributed by atoms with Crippen molar-refractivity contribution in [2.75, 3.05) is 19.8 Å². The highest BCUT2D eigenvalue weighted by Crippen LogP contribution is 2.23. The van der Waals surface area contributed by atoms with Gasteiger partial charge in [-0.1, -0.05) is 30.0 Å². The topological polar surface area (TPSA) is 54.0 Å². The minimum atomic E-state index is -4.72.